The molecule has 0 aromatic carbocycles. The van der Waals surface area contributed by atoms with Crippen molar-refractivity contribution in [2.45, 2.75) is 13.0 Å². The predicted molar refractivity (Wildman–Crippen MR) is 94.7 cm³/mol. The first-order valence-electron chi connectivity index (χ1n) is 7.64. The first kappa shape index (κ1) is 15.0. The molecule has 0 bridgehead atoms. The summed E-state index contributed by atoms with van der Waals surface area (Å²) in [6.07, 6.45) is 3.04. The second-order valence-electron chi connectivity index (χ2n) is 5.78. The molecule has 4 aromatic rings. The van der Waals surface area contributed by atoms with Gasteiger partial charge in [0.15, 0.2) is 0 Å². The summed E-state index contributed by atoms with van der Waals surface area (Å²) in [5.41, 5.74) is 3.88. The highest BCUT2D eigenvalue weighted by atomic mass is 32.1. The number of hydrogen-bond donors (Lipinski definition) is 1. The van der Waals surface area contributed by atoms with Crippen LogP contribution in [0.25, 0.3) is 32.9 Å². The molecule has 0 radical (unpaired) electrons. The van der Waals surface area contributed by atoms with Crippen molar-refractivity contribution in [3.05, 3.63) is 41.5 Å². The number of nitrogens with zero attached hydrogens (tertiary/aromatic N) is 5. The minimum atomic E-state index is -0.510. The van der Waals surface area contributed by atoms with Gasteiger partial charge < -0.3 is 5.11 Å². The van der Waals surface area contributed by atoms with E-state index in [1.807, 2.05) is 41.7 Å². The quantitative estimate of drug-likeness (QED) is 0.622. The van der Waals surface area contributed by atoms with E-state index >= 15 is 0 Å². The Morgan fingerprint density at radius 1 is 1.04 bits per heavy atom. The van der Waals surface area contributed by atoms with Gasteiger partial charge in [-0.3, -0.25) is 9.36 Å². The van der Waals surface area contributed by atoms with Crippen LogP contribution in [0, 0.1) is 0 Å². The van der Waals surface area contributed by atoms with E-state index in [1.165, 1.54) is 11.3 Å². The van der Waals surface area contributed by atoms with E-state index in [1.54, 1.807) is 19.3 Å². The van der Waals surface area contributed by atoms with Crippen molar-refractivity contribution < 1.29 is 5.11 Å². The molecule has 0 amide bonds. The molecule has 0 saturated heterocycles. The van der Waals surface area contributed by atoms with Crippen LogP contribution in [0.15, 0.2) is 36.7 Å². The molecular formula is C17H17N5OS. The molecule has 4 aromatic heterocycles. The monoisotopic (exact) mass is 339 g/mol. The van der Waals surface area contributed by atoms with Gasteiger partial charge in [-0.05, 0) is 31.2 Å². The summed E-state index contributed by atoms with van der Waals surface area (Å²) >= 11 is 1.52. The molecule has 1 atom stereocenters. The van der Waals surface area contributed by atoms with Crippen LogP contribution in [0.4, 0.5) is 0 Å². The fraction of sp³-hybridized carbons (Fsp3) is 0.235. The second-order valence-corrected chi connectivity index (χ2v) is 6.84. The van der Waals surface area contributed by atoms with Crippen LogP contribution < -0.4 is 0 Å². The van der Waals surface area contributed by atoms with Crippen LogP contribution in [0.1, 0.15) is 17.9 Å². The van der Waals surface area contributed by atoms with Crippen LogP contribution in [-0.2, 0) is 14.1 Å². The summed E-state index contributed by atoms with van der Waals surface area (Å²) in [7, 11) is 3.83. The Bertz CT molecular complexity index is 1030. The molecule has 0 spiro atoms. The number of fused-ring (bicyclic) bond motifs is 1. The van der Waals surface area contributed by atoms with Gasteiger partial charge in [0.25, 0.3) is 0 Å². The third-order valence-corrected chi connectivity index (χ3v) is 5.32. The molecule has 0 aliphatic heterocycles. The van der Waals surface area contributed by atoms with E-state index in [0.29, 0.717) is 0 Å². The average molecular weight is 339 g/mol. The molecule has 1 unspecified atom stereocenters. The first-order valence-corrected chi connectivity index (χ1v) is 8.45. The van der Waals surface area contributed by atoms with E-state index < -0.39 is 6.10 Å². The van der Waals surface area contributed by atoms with Crippen molar-refractivity contribution >= 4 is 21.6 Å². The summed E-state index contributed by atoms with van der Waals surface area (Å²) in [4.78, 5) is 6.61. The van der Waals surface area contributed by atoms with E-state index in [4.69, 9.17) is 4.98 Å². The minimum absolute atomic E-state index is 0.510. The molecule has 122 valence electrons. The van der Waals surface area contributed by atoms with Gasteiger partial charge in [-0.25, -0.2) is 4.98 Å². The van der Waals surface area contributed by atoms with Crippen LogP contribution in [0.2, 0.25) is 0 Å². The molecule has 6 nitrogen and oxygen atoms in total. The number of hydrogen-bond acceptors (Lipinski definition) is 5. The summed E-state index contributed by atoms with van der Waals surface area (Å²) in [5, 5.41) is 19.5. The molecule has 4 rings (SSSR count). The molecule has 4 heterocycles. The Hall–Kier alpha value is -2.51. The SMILES string of the molecule is CC(O)c1cc2c(-c3ccnn3C)cc(-c3ccnn3C)nc2s1. The first-order chi connectivity index (χ1) is 11.5. The summed E-state index contributed by atoms with van der Waals surface area (Å²) in [6.45, 7) is 1.77. The maximum atomic E-state index is 9.95. The normalized spacial score (nSPS) is 12.8. The third kappa shape index (κ3) is 2.33. The van der Waals surface area contributed by atoms with Gasteiger partial charge in [0, 0.05) is 42.3 Å². The lowest BCUT2D eigenvalue weighted by Crippen LogP contribution is -1.98. The van der Waals surface area contributed by atoms with Crippen molar-refractivity contribution in [3.8, 4) is 22.6 Å². The largest absolute Gasteiger partial charge is 0.388 e. The smallest absolute Gasteiger partial charge is 0.125 e. The van der Waals surface area contributed by atoms with Crippen molar-refractivity contribution in [1.29, 1.82) is 0 Å². The van der Waals surface area contributed by atoms with Crippen molar-refractivity contribution in [2.24, 2.45) is 14.1 Å². The average Bonchev–Trinajstić information content (AvgIpc) is 3.25. The highest BCUT2D eigenvalue weighted by Crippen LogP contribution is 2.37. The molecule has 0 saturated carbocycles. The number of aliphatic hydroxyl groups excluding tert-OH is 1. The zero-order chi connectivity index (χ0) is 16.8. The van der Waals surface area contributed by atoms with Crippen molar-refractivity contribution in [1.82, 2.24) is 24.5 Å². The summed E-state index contributed by atoms with van der Waals surface area (Å²) in [6, 6.07) is 8.02. The van der Waals surface area contributed by atoms with Gasteiger partial charge in [-0.2, -0.15) is 10.2 Å². The third-order valence-electron chi connectivity index (χ3n) is 4.12. The number of rotatable bonds is 3. The van der Waals surface area contributed by atoms with Crippen LogP contribution >= 0.6 is 11.3 Å². The highest BCUT2D eigenvalue weighted by Gasteiger charge is 2.17. The van der Waals surface area contributed by atoms with Gasteiger partial charge >= 0.3 is 0 Å². The molecule has 1 N–H and O–H groups in total. The Morgan fingerprint density at radius 2 is 1.71 bits per heavy atom. The highest BCUT2D eigenvalue weighted by molar-refractivity contribution is 7.18. The molecule has 0 aliphatic rings. The van der Waals surface area contributed by atoms with Crippen molar-refractivity contribution in [3.63, 3.8) is 0 Å². The van der Waals surface area contributed by atoms with Crippen LogP contribution in [0.3, 0.4) is 0 Å². The van der Waals surface area contributed by atoms with Crippen LogP contribution in [0.5, 0.6) is 0 Å². The van der Waals surface area contributed by atoms with Gasteiger partial charge in [-0.1, -0.05) is 0 Å². The minimum Gasteiger partial charge on any atom is -0.388 e. The zero-order valence-electron chi connectivity index (χ0n) is 13.6. The van der Waals surface area contributed by atoms with E-state index in [-0.39, 0.29) is 0 Å². The topological polar surface area (TPSA) is 68.8 Å². The predicted octanol–water partition coefficient (Wildman–Crippen LogP) is 3.15. The fourth-order valence-corrected chi connectivity index (χ4v) is 3.84. The maximum Gasteiger partial charge on any atom is 0.125 e. The molecule has 7 heteroatoms. The number of thiophene rings is 1. The Balaban J connectivity index is 2.04. The molecule has 24 heavy (non-hydrogen) atoms. The van der Waals surface area contributed by atoms with Gasteiger partial charge in [-0.15, -0.1) is 11.3 Å². The zero-order valence-corrected chi connectivity index (χ0v) is 14.4. The maximum absolute atomic E-state index is 9.95. The van der Waals surface area contributed by atoms with Crippen LogP contribution in [-0.4, -0.2) is 29.7 Å². The van der Waals surface area contributed by atoms with Gasteiger partial charge in [0.2, 0.25) is 0 Å². The number of aryl methyl sites for hydroxylation is 2. The van der Waals surface area contributed by atoms with Gasteiger partial charge in [0.1, 0.15) is 4.83 Å². The molecule has 0 fully saturated rings. The molecular weight excluding hydrogens is 322 g/mol. The van der Waals surface area contributed by atoms with E-state index in [2.05, 4.69) is 16.3 Å². The van der Waals surface area contributed by atoms with E-state index in [9.17, 15) is 5.11 Å². The number of pyridine rings is 1. The summed E-state index contributed by atoms with van der Waals surface area (Å²) < 4.78 is 3.66. The molecule has 0 aliphatic carbocycles. The number of aliphatic hydroxyl groups is 1. The van der Waals surface area contributed by atoms with E-state index in [0.717, 1.165) is 37.7 Å². The lowest BCUT2D eigenvalue weighted by Gasteiger charge is -2.08. The standard InChI is InChI=1S/C17H17N5OS/c1-10(23)16-9-12-11(14-4-6-18-21(14)2)8-13(20-17(12)24-16)15-5-7-19-22(15)3/h4-10,23H,1-3H3. The number of aromatic nitrogens is 5. The Labute approximate surface area is 143 Å². The lowest BCUT2D eigenvalue weighted by atomic mass is 10.1. The summed E-state index contributed by atoms with van der Waals surface area (Å²) in [5.74, 6) is 0. The van der Waals surface area contributed by atoms with Gasteiger partial charge in [0.05, 0.1) is 23.2 Å². The lowest BCUT2D eigenvalue weighted by molar-refractivity contribution is 0.203. The van der Waals surface area contributed by atoms with Crippen molar-refractivity contribution in [2.75, 3.05) is 0 Å². The Kier molecular flexibility index (Phi) is 3.47. The second kappa shape index (κ2) is 5.54. The fourth-order valence-electron chi connectivity index (χ4n) is 2.84. The Morgan fingerprint density at radius 3 is 2.29 bits per heavy atom.